The molecule has 1 aliphatic carbocycles. The highest BCUT2D eigenvalue weighted by Gasteiger charge is 2.28. The number of hydrogen-bond acceptors (Lipinski definition) is 7. The Labute approximate surface area is 205 Å². The van der Waals surface area contributed by atoms with Crippen LogP contribution in [-0.4, -0.2) is 64.7 Å². The molecule has 1 aliphatic heterocycles. The molecule has 2 fully saturated rings. The third-order valence-electron chi connectivity index (χ3n) is 7.40. The van der Waals surface area contributed by atoms with Gasteiger partial charge in [0.1, 0.15) is 15.7 Å². The normalized spacial score (nSPS) is 21.8. The number of benzene rings is 1. The molecule has 10 heteroatoms. The van der Waals surface area contributed by atoms with Crippen LogP contribution in [0.25, 0.3) is 16.7 Å². The lowest BCUT2D eigenvalue weighted by Crippen LogP contribution is -2.39. The molecule has 0 amide bonds. The van der Waals surface area contributed by atoms with E-state index in [1.54, 1.807) is 6.20 Å². The second kappa shape index (κ2) is 9.49. The van der Waals surface area contributed by atoms with Crippen LogP contribution in [-0.2, 0) is 14.6 Å². The SMILES string of the molecule is CS(=O)(=O)C1CCN(c2cccc3c2ccn3-c2ccnc(NC3CCC(C(=O)O)CC3)n2)CC1. The average Bonchev–Trinajstić information content (AvgIpc) is 3.28. The summed E-state index contributed by atoms with van der Waals surface area (Å²) in [5.41, 5.74) is 2.13. The predicted octanol–water partition coefficient (Wildman–Crippen LogP) is 3.49. The number of aliphatic carboxylic acids is 1. The van der Waals surface area contributed by atoms with Gasteiger partial charge in [-0.15, -0.1) is 0 Å². The van der Waals surface area contributed by atoms with Crippen LogP contribution in [0.15, 0.2) is 42.7 Å². The number of nitrogens with zero attached hydrogens (tertiary/aromatic N) is 4. The van der Waals surface area contributed by atoms with Gasteiger partial charge in [-0.05, 0) is 62.8 Å². The van der Waals surface area contributed by atoms with Crippen LogP contribution >= 0.6 is 0 Å². The highest BCUT2D eigenvalue weighted by atomic mass is 32.2. The number of piperidine rings is 1. The van der Waals surface area contributed by atoms with E-state index in [0.29, 0.717) is 44.7 Å². The Bertz CT molecular complexity index is 1320. The van der Waals surface area contributed by atoms with Crippen LogP contribution in [0.2, 0.25) is 0 Å². The van der Waals surface area contributed by atoms with Gasteiger partial charge < -0.3 is 19.9 Å². The van der Waals surface area contributed by atoms with Crippen molar-refractivity contribution in [2.75, 3.05) is 29.6 Å². The van der Waals surface area contributed by atoms with Gasteiger partial charge in [0.25, 0.3) is 0 Å². The molecule has 186 valence electrons. The Hall–Kier alpha value is -3.14. The Morgan fingerprint density at radius 3 is 2.49 bits per heavy atom. The molecule has 3 heterocycles. The summed E-state index contributed by atoms with van der Waals surface area (Å²) in [5, 5.41) is 13.4. The third-order valence-corrected chi connectivity index (χ3v) is 9.08. The summed E-state index contributed by atoms with van der Waals surface area (Å²) in [5.74, 6) is 0.338. The third kappa shape index (κ3) is 4.98. The zero-order chi connectivity index (χ0) is 24.6. The van der Waals surface area contributed by atoms with Gasteiger partial charge in [0, 0.05) is 48.9 Å². The molecule has 1 saturated heterocycles. The molecule has 35 heavy (non-hydrogen) atoms. The number of fused-ring (bicyclic) bond motifs is 1. The summed E-state index contributed by atoms with van der Waals surface area (Å²) >= 11 is 0. The first kappa shape index (κ1) is 23.6. The number of anilines is 2. The number of carboxylic acids is 1. The summed E-state index contributed by atoms with van der Waals surface area (Å²) in [6, 6.07) is 10.3. The number of rotatable bonds is 6. The van der Waals surface area contributed by atoms with Crippen molar-refractivity contribution in [1.82, 2.24) is 14.5 Å². The summed E-state index contributed by atoms with van der Waals surface area (Å²) in [6.45, 7) is 1.43. The lowest BCUT2D eigenvalue weighted by molar-refractivity contribution is -0.142. The second-order valence-corrected chi connectivity index (χ2v) is 12.0. The van der Waals surface area contributed by atoms with Crippen molar-refractivity contribution in [2.45, 2.75) is 49.8 Å². The van der Waals surface area contributed by atoms with Crippen molar-refractivity contribution in [3.05, 3.63) is 42.7 Å². The molecular formula is C25H31N5O4S. The summed E-state index contributed by atoms with van der Waals surface area (Å²) in [7, 11) is -3.00. The Morgan fingerprint density at radius 2 is 1.80 bits per heavy atom. The standard InChI is InChI=1S/C25H31N5O4S/c1-35(33,34)19-10-14-29(15-11-19)21-3-2-4-22-20(21)12-16-30(22)23-9-13-26-25(28-23)27-18-7-5-17(6-8-18)24(31)32/h2-4,9,12-13,16-19H,5-8,10-11,14-15H2,1H3,(H,31,32)(H,26,27,28). The van der Waals surface area contributed by atoms with E-state index in [1.807, 2.05) is 22.9 Å². The van der Waals surface area contributed by atoms with E-state index in [-0.39, 0.29) is 17.2 Å². The van der Waals surface area contributed by atoms with Crippen molar-refractivity contribution in [3.8, 4) is 5.82 Å². The van der Waals surface area contributed by atoms with Crippen LogP contribution in [0.1, 0.15) is 38.5 Å². The van der Waals surface area contributed by atoms with Crippen LogP contribution in [0.4, 0.5) is 11.6 Å². The number of nitrogens with one attached hydrogen (secondary N) is 1. The number of hydrogen-bond donors (Lipinski definition) is 2. The van der Waals surface area contributed by atoms with Crippen molar-refractivity contribution in [3.63, 3.8) is 0 Å². The fourth-order valence-corrected chi connectivity index (χ4v) is 6.44. The van der Waals surface area contributed by atoms with E-state index in [4.69, 9.17) is 4.98 Å². The van der Waals surface area contributed by atoms with E-state index in [0.717, 1.165) is 35.2 Å². The molecule has 9 nitrogen and oxygen atoms in total. The maximum atomic E-state index is 11.9. The van der Waals surface area contributed by atoms with Gasteiger partial charge in [0.15, 0.2) is 0 Å². The first-order valence-corrected chi connectivity index (χ1v) is 14.1. The minimum Gasteiger partial charge on any atom is -0.481 e. The molecule has 2 aromatic heterocycles. The minimum atomic E-state index is -3.00. The van der Waals surface area contributed by atoms with Gasteiger partial charge in [-0.1, -0.05) is 6.07 Å². The zero-order valence-electron chi connectivity index (χ0n) is 19.8. The maximum Gasteiger partial charge on any atom is 0.306 e. The van der Waals surface area contributed by atoms with E-state index < -0.39 is 15.8 Å². The lowest BCUT2D eigenvalue weighted by atomic mass is 9.86. The molecule has 2 N–H and O–H groups in total. The smallest absolute Gasteiger partial charge is 0.306 e. The van der Waals surface area contributed by atoms with Gasteiger partial charge in [-0.3, -0.25) is 4.79 Å². The fourth-order valence-electron chi connectivity index (χ4n) is 5.37. The van der Waals surface area contributed by atoms with Crippen LogP contribution in [0, 0.1) is 5.92 Å². The monoisotopic (exact) mass is 497 g/mol. The molecule has 0 unspecified atom stereocenters. The lowest BCUT2D eigenvalue weighted by Gasteiger charge is -2.33. The largest absolute Gasteiger partial charge is 0.481 e. The van der Waals surface area contributed by atoms with E-state index in [9.17, 15) is 18.3 Å². The van der Waals surface area contributed by atoms with E-state index in [1.165, 1.54) is 6.26 Å². The van der Waals surface area contributed by atoms with Gasteiger partial charge in [0.2, 0.25) is 5.95 Å². The van der Waals surface area contributed by atoms with Crippen LogP contribution in [0.5, 0.6) is 0 Å². The number of carboxylic acid groups (broad SMARTS) is 1. The van der Waals surface area contributed by atoms with Crippen molar-refractivity contribution in [2.24, 2.45) is 5.92 Å². The van der Waals surface area contributed by atoms with Crippen LogP contribution in [0.3, 0.4) is 0 Å². The molecule has 1 saturated carbocycles. The highest BCUT2D eigenvalue weighted by molar-refractivity contribution is 7.91. The van der Waals surface area contributed by atoms with Crippen LogP contribution < -0.4 is 10.2 Å². The molecule has 2 aliphatic rings. The molecule has 0 bridgehead atoms. The Kier molecular flexibility index (Phi) is 6.39. The fraction of sp³-hybridized carbons (Fsp3) is 0.480. The number of carbonyl (C=O) groups is 1. The Morgan fingerprint density at radius 1 is 1.06 bits per heavy atom. The maximum absolute atomic E-state index is 11.9. The summed E-state index contributed by atoms with van der Waals surface area (Å²) in [4.78, 5) is 22.6. The number of aromatic nitrogens is 3. The van der Waals surface area contributed by atoms with Crippen molar-refractivity contribution in [1.29, 1.82) is 0 Å². The first-order chi connectivity index (χ1) is 16.8. The van der Waals surface area contributed by atoms with Gasteiger partial charge >= 0.3 is 5.97 Å². The van der Waals surface area contributed by atoms with Gasteiger partial charge in [0.05, 0.1) is 16.7 Å². The summed E-state index contributed by atoms with van der Waals surface area (Å²) < 4.78 is 25.9. The molecule has 5 rings (SSSR count). The highest BCUT2D eigenvalue weighted by Crippen LogP contribution is 2.32. The molecular weight excluding hydrogens is 466 g/mol. The van der Waals surface area contributed by atoms with E-state index in [2.05, 4.69) is 33.4 Å². The summed E-state index contributed by atoms with van der Waals surface area (Å²) in [6.07, 6.45) is 9.27. The predicted molar refractivity (Wildman–Crippen MR) is 136 cm³/mol. The molecule has 1 aromatic carbocycles. The van der Waals surface area contributed by atoms with Gasteiger partial charge in [-0.2, -0.15) is 4.98 Å². The van der Waals surface area contributed by atoms with E-state index >= 15 is 0 Å². The minimum absolute atomic E-state index is 0.170. The number of sulfone groups is 1. The van der Waals surface area contributed by atoms with Crippen molar-refractivity contribution < 1.29 is 18.3 Å². The Balaban J connectivity index is 1.34. The first-order valence-electron chi connectivity index (χ1n) is 12.2. The van der Waals surface area contributed by atoms with Gasteiger partial charge in [-0.25, -0.2) is 13.4 Å². The zero-order valence-corrected chi connectivity index (χ0v) is 20.6. The molecule has 3 aromatic rings. The molecule has 0 spiro atoms. The average molecular weight is 498 g/mol. The molecule has 0 radical (unpaired) electrons. The topological polar surface area (TPSA) is 117 Å². The van der Waals surface area contributed by atoms with Crippen molar-refractivity contribution >= 4 is 38.3 Å². The second-order valence-electron chi connectivity index (χ2n) is 9.68. The quantitative estimate of drug-likeness (QED) is 0.532. The molecule has 0 atom stereocenters.